The van der Waals surface area contributed by atoms with E-state index in [0.717, 1.165) is 11.4 Å². The molecule has 6 heteroatoms. The van der Waals surface area contributed by atoms with Gasteiger partial charge in [0, 0.05) is 24.9 Å². The Labute approximate surface area is 116 Å². The van der Waals surface area contributed by atoms with E-state index in [-0.39, 0.29) is 5.69 Å². The van der Waals surface area contributed by atoms with Crippen LogP contribution in [0.2, 0.25) is 0 Å². The zero-order chi connectivity index (χ0) is 14.5. The van der Waals surface area contributed by atoms with Gasteiger partial charge in [-0.05, 0) is 19.1 Å². The van der Waals surface area contributed by atoms with Gasteiger partial charge in [-0.3, -0.25) is 10.1 Å². The van der Waals surface area contributed by atoms with E-state index in [4.69, 9.17) is 4.74 Å². The first-order valence-corrected chi connectivity index (χ1v) is 6.11. The molecular weight excluding hydrogens is 258 g/mol. The van der Waals surface area contributed by atoms with Crippen molar-refractivity contribution in [2.24, 2.45) is 0 Å². The van der Waals surface area contributed by atoms with Crippen LogP contribution in [-0.2, 0) is 6.61 Å². The second-order valence-electron chi connectivity index (χ2n) is 4.25. The highest BCUT2D eigenvalue weighted by Crippen LogP contribution is 2.27. The Morgan fingerprint density at radius 3 is 2.75 bits per heavy atom. The maximum atomic E-state index is 10.9. The largest absolute Gasteiger partial charge is 0.488 e. The SMILES string of the molecule is CNc1ccc(COc2cccc([N+](=O)[O-])c2C)cn1. The summed E-state index contributed by atoms with van der Waals surface area (Å²) in [4.78, 5) is 14.6. The maximum absolute atomic E-state index is 10.9. The fourth-order valence-electron chi connectivity index (χ4n) is 1.78. The number of ether oxygens (including phenoxy) is 1. The minimum Gasteiger partial charge on any atom is -0.488 e. The number of hydrogen-bond acceptors (Lipinski definition) is 5. The summed E-state index contributed by atoms with van der Waals surface area (Å²) >= 11 is 0. The van der Waals surface area contributed by atoms with Crippen LogP contribution < -0.4 is 10.1 Å². The van der Waals surface area contributed by atoms with Gasteiger partial charge < -0.3 is 10.1 Å². The number of anilines is 1. The van der Waals surface area contributed by atoms with E-state index in [2.05, 4.69) is 10.3 Å². The monoisotopic (exact) mass is 273 g/mol. The standard InChI is InChI=1S/C14H15N3O3/c1-10-12(17(18)19)4-3-5-13(10)20-9-11-6-7-14(15-2)16-8-11/h3-8H,9H2,1-2H3,(H,15,16). The van der Waals surface area contributed by atoms with E-state index in [1.54, 1.807) is 32.3 Å². The van der Waals surface area contributed by atoms with Crippen LogP contribution >= 0.6 is 0 Å². The van der Waals surface area contributed by atoms with Crippen molar-refractivity contribution in [3.63, 3.8) is 0 Å². The molecule has 2 aromatic rings. The Balaban J connectivity index is 2.10. The van der Waals surface area contributed by atoms with Crippen LogP contribution in [0.3, 0.4) is 0 Å². The molecule has 2 rings (SSSR count). The Morgan fingerprint density at radius 1 is 1.35 bits per heavy atom. The number of rotatable bonds is 5. The molecule has 1 heterocycles. The van der Waals surface area contributed by atoms with Gasteiger partial charge in [0.1, 0.15) is 18.2 Å². The van der Waals surface area contributed by atoms with Crippen molar-refractivity contribution in [2.75, 3.05) is 12.4 Å². The van der Waals surface area contributed by atoms with Crippen molar-refractivity contribution in [3.8, 4) is 5.75 Å². The highest BCUT2D eigenvalue weighted by molar-refractivity contribution is 5.48. The number of nitrogens with one attached hydrogen (secondary N) is 1. The summed E-state index contributed by atoms with van der Waals surface area (Å²) in [5.74, 6) is 1.29. The molecule has 0 aliphatic carbocycles. The lowest BCUT2D eigenvalue weighted by Crippen LogP contribution is -2.00. The van der Waals surface area contributed by atoms with E-state index in [1.165, 1.54) is 6.07 Å². The van der Waals surface area contributed by atoms with E-state index in [1.807, 2.05) is 12.1 Å². The van der Waals surface area contributed by atoms with Crippen molar-refractivity contribution in [1.29, 1.82) is 0 Å². The fraction of sp³-hybridized carbons (Fsp3) is 0.214. The molecule has 20 heavy (non-hydrogen) atoms. The van der Waals surface area contributed by atoms with Gasteiger partial charge >= 0.3 is 0 Å². The van der Waals surface area contributed by atoms with E-state index in [9.17, 15) is 10.1 Å². The number of nitro groups is 1. The van der Waals surface area contributed by atoms with Gasteiger partial charge in [-0.2, -0.15) is 0 Å². The summed E-state index contributed by atoms with van der Waals surface area (Å²) in [6.45, 7) is 1.99. The van der Waals surface area contributed by atoms with Gasteiger partial charge in [-0.15, -0.1) is 0 Å². The van der Waals surface area contributed by atoms with Crippen molar-refractivity contribution < 1.29 is 9.66 Å². The molecule has 0 saturated carbocycles. The highest BCUT2D eigenvalue weighted by atomic mass is 16.6. The first kappa shape index (κ1) is 13.8. The Kier molecular flexibility index (Phi) is 4.14. The predicted molar refractivity (Wildman–Crippen MR) is 75.9 cm³/mol. The zero-order valence-corrected chi connectivity index (χ0v) is 11.3. The topological polar surface area (TPSA) is 77.3 Å². The quantitative estimate of drug-likeness (QED) is 0.669. The first-order chi connectivity index (χ1) is 9.61. The second kappa shape index (κ2) is 6.01. The number of nitro benzene ring substituents is 1. The van der Waals surface area contributed by atoms with Crippen LogP contribution in [0.5, 0.6) is 5.75 Å². The van der Waals surface area contributed by atoms with Crippen LogP contribution in [0.1, 0.15) is 11.1 Å². The third kappa shape index (κ3) is 3.03. The summed E-state index contributed by atoms with van der Waals surface area (Å²) in [6, 6.07) is 8.54. The van der Waals surface area contributed by atoms with Gasteiger partial charge in [0.05, 0.1) is 10.5 Å². The molecule has 0 aliphatic rings. The van der Waals surface area contributed by atoms with Crippen LogP contribution in [0.4, 0.5) is 11.5 Å². The molecular formula is C14H15N3O3. The molecule has 6 nitrogen and oxygen atoms in total. The number of aromatic nitrogens is 1. The molecule has 0 fully saturated rings. The smallest absolute Gasteiger partial charge is 0.276 e. The molecule has 1 aromatic carbocycles. The van der Waals surface area contributed by atoms with Gasteiger partial charge in [-0.1, -0.05) is 12.1 Å². The summed E-state index contributed by atoms with van der Waals surface area (Å²) in [7, 11) is 1.80. The molecule has 0 radical (unpaired) electrons. The fourth-order valence-corrected chi connectivity index (χ4v) is 1.78. The first-order valence-electron chi connectivity index (χ1n) is 6.11. The lowest BCUT2D eigenvalue weighted by atomic mass is 10.2. The van der Waals surface area contributed by atoms with Gasteiger partial charge in [-0.25, -0.2) is 4.98 Å². The highest BCUT2D eigenvalue weighted by Gasteiger charge is 2.14. The molecule has 1 aromatic heterocycles. The minimum absolute atomic E-state index is 0.0613. The lowest BCUT2D eigenvalue weighted by Gasteiger charge is -2.09. The van der Waals surface area contributed by atoms with Crippen molar-refractivity contribution in [1.82, 2.24) is 4.98 Å². The summed E-state index contributed by atoms with van der Waals surface area (Å²) in [5, 5.41) is 13.8. The van der Waals surface area contributed by atoms with Crippen molar-refractivity contribution in [3.05, 3.63) is 57.8 Å². The summed E-state index contributed by atoms with van der Waals surface area (Å²) in [6.07, 6.45) is 1.71. The van der Waals surface area contributed by atoms with Gasteiger partial charge in [0.2, 0.25) is 0 Å². The van der Waals surface area contributed by atoms with Gasteiger partial charge in [0.25, 0.3) is 5.69 Å². The predicted octanol–water partition coefficient (Wildman–Crippen LogP) is 2.92. The molecule has 0 unspecified atom stereocenters. The van der Waals surface area contributed by atoms with E-state index < -0.39 is 4.92 Å². The van der Waals surface area contributed by atoms with Gasteiger partial charge in [0.15, 0.2) is 0 Å². The Bertz CT molecular complexity index is 612. The third-order valence-corrected chi connectivity index (χ3v) is 2.93. The minimum atomic E-state index is -0.411. The molecule has 0 bridgehead atoms. The molecule has 104 valence electrons. The molecule has 0 aliphatic heterocycles. The van der Waals surface area contributed by atoms with Crippen LogP contribution in [0.25, 0.3) is 0 Å². The number of pyridine rings is 1. The third-order valence-electron chi connectivity index (χ3n) is 2.93. The Hall–Kier alpha value is -2.63. The molecule has 0 amide bonds. The van der Waals surface area contributed by atoms with Crippen LogP contribution in [-0.4, -0.2) is 17.0 Å². The average Bonchev–Trinajstić information content (AvgIpc) is 2.46. The molecule has 0 spiro atoms. The Morgan fingerprint density at radius 2 is 2.15 bits per heavy atom. The van der Waals surface area contributed by atoms with Crippen LogP contribution in [0, 0.1) is 17.0 Å². The lowest BCUT2D eigenvalue weighted by molar-refractivity contribution is -0.385. The number of nitrogens with zero attached hydrogens (tertiary/aromatic N) is 2. The number of hydrogen-bond donors (Lipinski definition) is 1. The van der Waals surface area contributed by atoms with Crippen molar-refractivity contribution in [2.45, 2.75) is 13.5 Å². The zero-order valence-electron chi connectivity index (χ0n) is 11.3. The van der Waals surface area contributed by atoms with E-state index in [0.29, 0.717) is 17.9 Å². The molecule has 0 atom stereocenters. The van der Waals surface area contributed by atoms with E-state index >= 15 is 0 Å². The summed E-state index contributed by atoms with van der Waals surface area (Å²) < 4.78 is 5.62. The maximum Gasteiger partial charge on any atom is 0.276 e. The molecule has 1 N–H and O–H groups in total. The van der Waals surface area contributed by atoms with Crippen LogP contribution in [0.15, 0.2) is 36.5 Å². The average molecular weight is 273 g/mol. The molecule has 0 saturated heterocycles. The summed E-state index contributed by atoms with van der Waals surface area (Å²) in [5.41, 5.74) is 1.48. The normalized spacial score (nSPS) is 10.1. The number of benzene rings is 1. The second-order valence-corrected chi connectivity index (χ2v) is 4.25. The van der Waals surface area contributed by atoms with Crippen molar-refractivity contribution >= 4 is 11.5 Å².